The van der Waals surface area contributed by atoms with E-state index in [4.69, 9.17) is 14.2 Å². The third-order valence-corrected chi connectivity index (χ3v) is 4.26. The van der Waals surface area contributed by atoms with Crippen molar-refractivity contribution in [1.82, 2.24) is 15.5 Å². The van der Waals surface area contributed by atoms with Crippen LogP contribution in [0.2, 0.25) is 0 Å². The summed E-state index contributed by atoms with van der Waals surface area (Å²) >= 11 is 0. The van der Waals surface area contributed by atoms with Crippen LogP contribution in [0.5, 0.6) is 17.2 Å². The molecule has 2 aromatic carbocycles. The summed E-state index contributed by atoms with van der Waals surface area (Å²) in [5.74, 6) is 2.07. The van der Waals surface area contributed by atoms with E-state index in [0.29, 0.717) is 36.9 Å². The number of carbonyl (C=O) groups excluding carboxylic acids is 1. The molecular weight excluding hydrogens is 346 g/mol. The van der Waals surface area contributed by atoms with Gasteiger partial charge in [0.2, 0.25) is 6.79 Å². The van der Waals surface area contributed by atoms with E-state index in [2.05, 4.69) is 27.7 Å². The molecule has 2 N–H and O–H groups in total. The van der Waals surface area contributed by atoms with Crippen molar-refractivity contribution >= 4 is 6.03 Å². The van der Waals surface area contributed by atoms with E-state index in [1.807, 2.05) is 44.4 Å². The van der Waals surface area contributed by atoms with Gasteiger partial charge in [-0.3, -0.25) is 0 Å². The zero-order valence-electron chi connectivity index (χ0n) is 15.6. The maximum Gasteiger partial charge on any atom is 0.314 e. The minimum Gasteiger partial charge on any atom is -0.492 e. The average molecular weight is 371 g/mol. The number of hydrogen-bond acceptors (Lipinski definition) is 5. The highest BCUT2D eigenvalue weighted by molar-refractivity contribution is 5.73. The molecular formula is C20H25N3O4. The second kappa shape index (κ2) is 9.14. The Bertz CT molecular complexity index is 752. The molecule has 0 saturated carbocycles. The summed E-state index contributed by atoms with van der Waals surface area (Å²) in [7, 11) is 3.99. The van der Waals surface area contributed by atoms with Gasteiger partial charge in [0, 0.05) is 12.6 Å². The Morgan fingerprint density at radius 1 is 1.11 bits per heavy atom. The summed E-state index contributed by atoms with van der Waals surface area (Å²) in [4.78, 5) is 14.1. The normalized spacial score (nSPS) is 13.3. The molecule has 0 bridgehead atoms. The molecule has 27 heavy (non-hydrogen) atoms. The monoisotopic (exact) mass is 371 g/mol. The van der Waals surface area contributed by atoms with Crippen LogP contribution in [0.3, 0.4) is 0 Å². The van der Waals surface area contributed by atoms with Gasteiger partial charge in [0.25, 0.3) is 0 Å². The molecule has 0 aromatic heterocycles. The predicted octanol–water partition coefficient (Wildman–Crippen LogP) is 2.40. The lowest BCUT2D eigenvalue weighted by Crippen LogP contribution is -2.41. The first-order chi connectivity index (χ1) is 13.1. The first-order valence-electron chi connectivity index (χ1n) is 8.89. The third kappa shape index (κ3) is 5.27. The van der Waals surface area contributed by atoms with E-state index in [-0.39, 0.29) is 18.9 Å². The number of nitrogens with one attached hydrogen (secondary N) is 2. The van der Waals surface area contributed by atoms with E-state index >= 15 is 0 Å². The number of ether oxygens (including phenoxy) is 3. The summed E-state index contributed by atoms with van der Waals surface area (Å²) in [6.07, 6.45) is 0. The van der Waals surface area contributed by atoms with E-state index in [1.165, 1.54) is 0 Å². The highest BCUT2D eigenvalue weighted by Gasteiger charge is 2.15. The van der Waals surface area contributed by atoms with Crippen LogP contribution >= 0.6 is 0 Å². The highest BCUT2D eigenvalue weighted by Crippen LogP contribution is 2.34. The zero-order valence-corrected chi connectivity index (χ0v) is 15.6. The van der Waals surface area contributed by atoms with Crippen molar-refractivity contribution in [1.29, 1.82) is 0 Å². The fourth-order valence-corrected chi connectivity index (χ4v) is 2.83. The van der Waals surface area contributed by atoms with Gasteiger partial charge in [0.05, 0.1) is 12.6 Å². The van der Waals surface area contributed by atoms with Gasteiger partial charge < -0.3 is 29.7 Å². The largest absolute Gasteiger partial charge is 0.492 e. The molecule has 7 nitrogen and oxygen atoms in total. The van der Waals surface area contributed by atoms with E-state index in [0.717, 1.165) is 5.56 Å². The van der Waals surface area contributed by atoms with E-state index < -0.39 is 0 Å². The fourth-order valence-electron chi connectivity index (χ4n) is 2.83. The second-order valence-corrected chi connectivity index (χ2v) is 6.39. The maximum atomic E-state index is 12.0. The lowest BCUT2D eigenvalue weighted by molar-refractivity contribution is 0.173. The van der Waals surface area contributed by atoms with Crippen molar-refractivity contribution in [3.05, 3.63) is 54.1 Å². The topological polar surface area (TPSA) is 72.1 Å². The number of hydrogen-bond donors (Lipinski definition) is 2. The molecule has 0 fully saturated rings. The summed E-state index contributed by atoms with van der Waals surface area (Å²) in [5, 5.41) is 5.71. The predicted molar refractivity (Wildman–Crippen MR) is 102 cm³/mol. The lowest BCUT2D eigenvalue weighted by atomic mass is 10.1. The van der Waals surface area contributed by atoms with Crippen LogP contribution in [0.15, 0.2) is 48.5 Å². The molecule has 2 amide bonds. The summed E-state index contributed by atoms with van der Waals surface area (Å²) in [6.45, 7) is 1.52. The first kappa shape index (κ1) is 18.8. The van der Waals surface area contributed by atoms with Crippen molar-refractivity contribution < 1.29 is 19.0 Å². The molecule has 7 heteroatoms. The van der Waals surface area contributed by atoms with Gasteiger partial charge in [-0.1, -0.05) is 30.3 Å². The Balaban J connectivity index is 1.38. The Morgan fingerprint density at radius 3 is 2.67 bits per heavy atom. The molecule has 0 radical (unpaired) electrons. The summed E-state index contributed by atoms with van der Waals surface area (Å²) < 4.78 is 16.2. The lowest BCUT2D eigenvalue weighted by Gasteiger charge is -2.25. The van der Waals surface area contributed by atoms with Crippen LogP contribution in [0, 0.1) is 0 Å². The van der Waals surface area contributed by atoms with Gasteiger partial charge >= 0.3 is 6.03 Å². The minimum atomic E-state index is -0.216. The van der Waals surface area contributed by atoms with Gasteiger partial charge in [0.1, 0.15) is 12.4 Å². The highest BCUT2D eigenvalue weighted by atomic mass is 16.7. The first-order valence-corrected chi connectivity index (χ1v) is 8.89. The molecule has 1 aliphatic heterocycles. The molecule has 0 spiro atoms. The average Bonchev–Trinajstić information content (AvgIpc) is 3.14. The van der Waals surface area contributed by atoms with Crippen molar-refractivity contribution in [2.75, 3.05) is 40.6 Å². The van der Waals surface area contributed by atoms with Crippen LogP contribution in [0.1, 0.15) is 11.6 Å². The zero-order chi connectivity index (χ0) is 19.1. The van der Waals surface area contributed by atoms with E-state index in [1.54, 1.807) is 6.07 Å². The molecule has 1 atom stereocenters. The number of carbonyl (C=O) groups is 1. The number of fused-ring (bicyclic) bond motifs is 1. The van der Waals surface area contributed by atoms with Gasteiger partial charge in [-0.2, -0.15) is 0 Å². The van der Waals surface area contributed by atoms with Gasteiger partial charge in [0.15, 0.2) is 11.5 Å². The number of urea groups is 1. The van der Waals surface area contributed by atoms with E-state index in [9.17, 15) is 4.79 Å². The molecule has 0 saturated heterocycles. The molecule has 1 heterocycles. The SMILES string of the molecule is CN(C)C(CNC(=O)NCCOc1ccc2c(c1)OCO2)c1ccccc1. The van der Waals surface area contributed by atoms with Crippen molar-refractivity contribution in [2.24, 2.45) is 0 Å². The van der Waals surface area contributed by atoms with Gasteiger partial charge in [-0.05, 0) is 31.8 Å². The number of benzene rings is 2. The van der Waals surface area contributed by atoms with Gasteiger partial charge in [-0.15, -0.1) is 0 Å². The number of amides is 2. The Hall–Kier alpha value is -2.93. The molecule has 2 aromatic rings. The van der Waals surface area contributed by atoms with Crippen LogP contribution in [0.4, 0.5) is 4.79 Å². The van der Waals surface area contributed by atoms with Crippen LogP contribution < -0.4 is 24.8 Å². The summed E-state index contributed by atoms with van der Waals surface area (Å²) in [5.41, 5.74) is 1.16. The van der Waals surface area contributed by atoms with Crippen LogP contribution in [-0.2, 0) is 0 Å². The third-order valence-electron chi connectivity index (χ3n) is 4.26. The maximum absolute atomic E-state index is 12.0. The Morgan fingerprint density at radius 2 is 1.89 bits per heavy atom. The van der Waals surface area contributed by atoms with Crippen LogP contribution in [-0.4, -0.2) is 51.5 Å². The van der Waals surface area contributed by atoms with Gasteiger partial charge in [-0.25, -0.2) is 4.79 Å². The molecule has 0 aliphatic carbocycles. The number of likely N-dealkylation sites (N-methyl/N-ethyl adjacent to an activating group) is 1. The number of nitrogens with zero attached hydrogens (tertiary/aromatic N) is 1. The van der Waals surface area contributed by atoms with Crippen LogP contribution in [0.25, 0.3) is 0 Å². The molecule has 1 unspecified atom stereocenters. The second-order valence-electron chi connectivity index (χ2n) is 6.39. The standard InChI is InChI=1S/C20H25N3O4/c1-23(2)17(15-6-4-3-5-7-15)13-22-20(24)21-10-11-25-16-8-9-18-19(12-16)27-14-26-18/h3-9,12,17H,10-11,13-14H2,1-2H3,(H2,21,22,24). The quantitative estimate of drug-likeness (QED) is 0.697. The summed E-state index contributed by atoms with van der Waals surface area (Å²) in [6, 6.07) is 15.4. The Labute approximate surface area is 159 Å². The molecule has 3 rings (SSSR count). The van der Waals surface area contributed by atoms with Crippen molar-refractivity contribution in [3.63, 3.8) is 0 Å². The molecule has 1 aliphatic rings. The smallest absolute Gasteiger partial charge is 0.314 e. The fraction of sp³-hybridized carbons (Fsp3) is 0.350. The minimum absolute atomic E-state index is 0.113. The molecule has 144 valence electrons. The van der Waals surface area contributed by atoms with Crippen molar-refractivity contribution in [2.45, 2.75) is 6.04 Å². The Kier molecular flexibility index (Phi) is 6.38. The van der Waals surface area contributed by atoms with Crippen molar-refractivity contribution in [3.8, 4) is 17.2 Å². The number of rotatable bonds is 8.